The number of furan rings is 1. The lowest BCUT2D eigenvalue weighted by atomic mass is 10.0. The topological polar surface area (TPSA) is 77.8 Å². The molecule has 0 aliphatic rings. The molecule has 1 amide bonds. The van der Waals surface area contributed by atoms with Gasteiger partial charge in [0.05, 0.1) is 0 Å². The number of aldehydes is 1. The maximum atomic E-state index is 11.8. The lowest BCUT2D eigenvalue weighted by Crippen LogP contribution is -2.46. The summed E-state index contributed by atoms with van der Waals surface area (Å²) in [5, 5.41) is 2.51. The number of hydrogen-bond donors (Lipinski definition) is 1. The molecule has 0 saturated carbocycles. The van der Waals surface area contributed by atoms with Crippen molar-refractivity contribution in [2.75, 3.05) is 7.11 Å². The molecule has 112 valence electrons. The van der Waals surface area contributed by atoms with Crippen molar-refractivity contribution in [2.45, 2.75) is 45.4 Å². The molecule has 0 bridgehead atoms. The van der Waals surface area contributed by atoms with Crippen molar-refractivity contribution < 1.29 is 23.5 Å². The Morgan fingerprint density at radius 3 is 2.50 bits per heavy atom. The van der Waals surface area contributed by atoms with E-state index in [1.54, 1.807) is 46.9 Å². The van der Waals surface area contributed by atoms with Gasteiger partial charge in [0, 0.05) is 7.11 Å². The molecule has 1 rings (SSSR count). The summed E-state index contributed by atoms with van der Waals surface area (Å²) in [6.45, 7) is 7.07. The van der Waals surface area contributed by atoms with E-state index in [9.17, 15) is 9.59 Å². The van der Waals surface area contributed by atoms with E-state index in [1.165, 1.54) is 0 Å². The number of nitrogens with one attached hydrogen (secondary N) is 1. The predicted molar refractivity (Wildman–Crippen MR) is 72.2 cm³/mol. The van der Waals surface area contributed by atoms with Gasteiger partial charge in [0.15, 0.2) is 11.8 Å². The fraction of sp³-hybridized carbons (Fsp3) is 0.571. The molecule has 20 heavy (non-hydrogen) atoms. The molecule has 0 saturated heterocycles. The molecule has 1 unspecified atom stereocenters. The van der Waals surface area contributed by atoms with Crippen LogP contribution < -0.4 is 5.32 Å². The van der Waals surface area contributed by atoms with Crippen molar-refractivity contribution in [2.24, 2.45) is 0 Å². The summed E-state index contributed by atoms with van der Waals surface area (Å²) in [6.07, 6.45) is -0.0800. The molecular weight excluding hydrogens is 262 g/mol. The van der Waals surface area contributed by atoms with Gasteiger partial charge in [0.25, 0.3) is 0 Å². The first kappa shape index (κ1) is 16.2. The van der Waals surface area contributed by atoms with E-state index >= 15 is 0 Å². The van der Waals surface area contributed by atoms with Gasteiger partial charge in [-0.05, 0) is 39.8 Å². The summed E-state index contributed by atoms with van der Waals surface area (Å²) in [5.41, 5.74) is -1.92. The average molecular weight is 283 g/mol. The molecule has 1 atom stereocenters. The monoisotopic (exact) mass is 283 g/mol. The molecule has 1 aromatic heterocycles. The summed E-state index contributed by atoms with van der Waals surface area (Å²) >= 11 is 0. The SMILES string of the molecule is COCc1ccc(C(C)(C=O)NC(=O)OC(C)(C)C)o1. The maximum Gasteiger partial charge on any atom is 0.408 e. The third-order valence-electron chi connectivity index (χ3n) is 2.46. The van der Waals surface area contributed by atoms with E-state index in [-0.39, 0.29) is 0 Å². The Balaban J connectivity index is 2.85. The molecule has 0 spiro atoms. The second-order valence-corrected chi connectivity index (χ2v) is 5.65. The number of carbonyl (C=O) groups excluding carboxylic acids is 2. The molecule has 1 heterocycles. The number of ether oxygens (including phenoxy) is 2. The van der Waals surface area contributed by atoms with E-state index < -0.39 is 17.2 Å². The lowest BCUT2D eigenvalue weighted by Gasteiger charge is -2.26. The largest absolute Gasteiger partial charge is 0.461 e. The summed E-state index contributed by atoms with van der Waals surface area (Å²) < 4.78 is 15.6. The second kappa shape index (κ2) is 6.09. The molecule has 1 N–H and O–H groups in total. The Hall–Kier alpha value is -1.82. The quantitative estimate of drug-likeness (QED) is 0.839. The molecule has 0 aliphatic heterocycles. The van der Waals surface area contributed by atoms with Crippen LogP contribution in [0.25, 0.3) is 0 Å². The van der Waals surface area contributed by atoms with Gasteiger partial charge in [-0.2, -0.15) is 0 Å². The summed E-state index contributed by atoms with van der Waals surface area (Å²) in [5.74, 6) is 0.895. The van der Waals surface area contributed by atoms with Crippen LogP contribution in [0.3, 0.4) is 0 Å². The average Bonchev–Trinajstić information content (AvgIpc) is 2.76. The molecule has 6 heteroatoms. The van der Waals surface area contributed by atoms with Crippen LogP contribution in [0.4, 0.5) is 4.79 Å². The summed E-state index contributed by atoms with van der Waals surface area (Å²) in [7, 11) is 1.54. The van der Waals surface area contributed by atoms with Gasteiger partial charge in [-0.1, -0.05) is 0 Å². The van der Waals surface area contributed by atoms with Crippen molar-refractivity contribution in [1.29, 1.82) is 0 Å². The zero-order valence-electron chi connectivity index (χ0n) is 12.5. The van der Waals surface area contributed by atoms with Crippen LogP contribution in [0.5, 0.6) is 0 Å². The molecule has 0 fully saturated rings. The minimum atomic E-state index is -1.28. The van der Waals surface area contributed by atoms with E-state index in [0.29, 0.717) is 24.4 Å². The highest BCUT2D eigenvalue weighted by molar-refractivity contribution is 5.77. The van der Waals surface area contributed by atoms with Crippen LogP contribution in [-0.2, 0) is 26.4 Å². The number of alkyl carbamates (subject to hydrolysis) is 1. The number of amides is 1. The van der Waals surface area contributed by atoms with E-state index in [4.69, 9.17) is 13.9 Å². The molecule has 6 nitrogen and oxygen atoms in total. The van der Waals surface area contributed by atoms with E-state index in [1.807, 2.05) is 0 Å². The molecule has 0 aromatic carbocycles. The number of hydrogen-bond acceptors (Lipinski definition) is 5. The highest BCUT2D eigenvalue weighted by Crippen LogP contribution is 2.22. The minimum Gasteiger partial charge on any atom is -0.461 e. The van der Waals surface area contributed by atoms with Crippen LogP contribution in [0.1, 0.15) is 39.2 Å². The van der Waals surface area contributed by atoms with E-state index in [2.05, 4.69) is 5.32 Å². The minimum absolute atomic E-state index is 0.293. The Morgan fingerprint density at radius 1 is 1.35 bits per heavy atom. The zero-order chi connectivity index (χ0) is 15.4. The van der Waals surface area contributed by atoms with Crippen LogP contribution in [0.15, 0.2) is 16.5 Å². The Kier molecular flexibility index (Phi) is 4.94. The van der Waals surface area contributed by atoms with Gasteiger partial charge < -0.3 is 24.0 Å². The molecular formula is C14H21NO5. The number of carbonyl (C=O) groups is 2. The van der Waals surface area contributed by atoms with Crippen molar-refractivity contribution in [3.05, 3.63) is 23.7 Å². The van der Waals surface area contributed by atoms with Gasteiger partial charge in [-0.3, -0.25) is 0 Å². The van der Waals surface area contributed by atoms with Gasteiger partial charge in [0.1, 0.15) is 23.7 Å². The van der Waals surface area contributed by atoms with Crippen LogP contribution in [0, 0.1) is 0 Å². The fourth-order valence-corrected chi connectivity index (χ4v) is 1.54. The molecule has 1 aromatic rings. The smallest absolute Gasteiger partial charge is 0.408 e. The lowest BCUT2D eigenvalue weighted by molar-refractivity contribution is -0.113. The highest BCUT2D eigenvalue weighted by Gasteiger charge is 2.33. The second-order valence-electron chi connectivity index (χ2n) is 5.65. The first-order valence-electron chi connectivity index (χ1n) is 6.26. The van der Waals surface area contributed by atoms with Crippen molar-refractivity contribution >= 4 is 12.4 Å². The molecule has 0 radical (unpaired) electrons. The third-order valence-corrected chi connectivity index (χ3v) is 2.46. The van der Waals surface area contributed by atoms with Gasteiger partial charge in [-0.25, -0.2) is 4.79 Å². The van der Waals surface area contributed by atoms with E-state index in [0.717, 1.165) is 0 Å². The van der Waals surface area contributed by atoms with Crippen LogP contribution in [0.2, 0.25) is 0 Å². The highest BCUT2D eigenvalue weighted by atomic mass is 16.6. The Labute approximate surface area is 118 Å². The number of methoxy groups -OCH3 is 1. The summed E-state index contributed by atoms with van der Waals surface area (Å²) in [6, 6.07) is 3.32. The zero-order valence-corrected chi connectivity index (χ0v) is 12.5. The standard InChI is InChI=1S/C14H21NO5/c1-13(2,3)20-12(17)15-14(4,9-16)11-7-6-10(19-11)8-18-5/h6-7,9H,8H2,1-5H3,(H,15,17). The fourth-order valence-electron chi connectivity index (χ4n) is 1.54. The van der Waals surface area contributed by atoms with Crippen LogP contribution in [-0.4, -0.2) is 25.1 Å². The Morgan fingerprint density at radius 2 is 2.00 bits per heavy atom. The van der Waals surface area contributed by atoms with Crippen LogP contribution >= 0.6 is 0 Å². The molecule has 0 aliphatic carbocycles. The van der Waals surface area contributed by atoms with Crippen molar-refractivity contribution in [3.63, 3.8) is 0 Å². The first-order chi connectivity index (χ1) is 9.20. The predicted octanol–water partition coefficient (Wildman–Crippen LogP) is 2.36. The Bertz CT molecular complexity index is 474. The normalized spacial score (nSPS) is 14.4. The van der Waals surface area contributed by atoms with Gasteiger partial charge in [0.2, 0.25) is 0 Å². The summed E-state index contributed by atoms with van der Waals surface area (Å²) in [4.78, 5) is 23.1. The van der Waals surface area contributed by atoms with Crippen molar-refractivity contribution in [1.82, 2.24) is 5.32 Å². The van der Waals surface area contributed by atoms with Gasteiger partial charge in [-0.15, -0.1) is 0 Å². The third kappa shape index (κ3) is 4.38. The van der Waals surface area contributed by atoms with Gasteiger partial charge >= 0.3 is 6.09 Å². The first-order valence-corrected chi connectivity index (χ1v) is 6.26. The maximum absolute atomic E-state index is 11.8. The number of rotatable bonds is 5. The van der Waals surface area contributed by atoms with Crippen molar-refractivity contribution in [3.8, 4) is 0 Å².